The van der Waals surface area contributed by atoms with E-state index in [-0.39, 0.29) is 34.6 Å². The number of hydrogen-bond donors (Lipinski definition) is 3. The van der Waals surface area contributed by atoms with E-state index in [1.807, 2.05) is 0 Å². The topological polar surface area (TPSA) is 126 Å². The first-order valence-corrected chi connectivity index (χ1v) is 6.76. The van der Waals surface area contributed by atoms with Gasteiger partial charge >= 0.3 is 0 Å². The van der Waals surface area contributed by atoms with E-state index in [9.17, 15) is 14.4 Å². The Hall–Kier alpha value is -3.36. The van der Waals surface area contributed by atoms with E-state index in [0.29, 0.717) is 0 Å². The molecule has 0 saturated heterocycles. The fraction of sp³-hybridized carbons (Fsp3) is 0.200. The Morgan fingerprint density at radius 2 is 0.833 bits per heavy atom. The molecule has 0 aliphatic rings. The fourth-order valence-electron chi connectivity index (χ4n) is 1.17. The first kappa shape index (κ1) is 18.7. The molecule has 0 atom stereocenters. The summed E-state index contributed by atoms with van der Waals surface area (Å²) in [5.41, 5.74) is 0.696. The van der Waals surface area contributed by atoms with Crippen LogP contribution in [0.3, 0.4) is 0 Å². The molecule has 9 nitrogen and oxygen atoms in total. The van der Waals surface area contributed by atoms with Crippen LogP contribution in [0.25, 0.3) is 0 Å². The zero-order valence-corrected chi connectivity index (χ0v) is 13.7. The van der Waals surface area contributed by atoms with Crippen LogP contribution in [0.4, 0.5) is 17.8 Å². The summed E-state index contributed by atoms with van der Waals surface area (Å²) in [7, 11) is 0. The number of nitrogens with zero attached hydrogens (tertiary/aromatic N) is 3. The van der Waals surface area contributed by atoms with Crippen LogP contribution in [0.15, 0.2) is 36.5 Å². The SMILES string of the molecule is C=C(C)C(=O)Nc1nc(NC(=O)C(=C)C)nc(NC(=O)C(=C)C)n1. The third kappa shape index (κ3) is 5.44. The van der Waals surface area contributed by atoms with Gasteiger partial charge in [-0.15, -0.1) is 0 Å². The molecule has 1 heterocycles. The third-order valence-electron chi connectivity index (χ3n) is 2.47. The second kappa shape index (κ2) is 7.77. The fourth-order valence-corrected chi connectivity index (χ4v) is 1.17. The van der Waals surface area contributed by atoms with Crippen molar-refractivity contribution in [3.63, 3.8) is 0 Å². The summed E-state index contributed by atoms with van der Waals surface area (Å²) in [5.74, 6) is -2.03. The van der Waals surface area contributed by atoms with E-state index in [4.69, 9.17) is 0 Å². The van der Waals surface area contributed by atoms with Gasteiger partial charge in [0.25, 0.3) is 17.7 Å². The monoisotopic (exact) mass is 330 g/mol. The highest BCUT2D eigenvalue weighted by Crippen LogP contribution is 2.11. The molecular formula is C15H18N6O3. The molecule has 0 fully saturated rings. The van der Waals surface area contributed by atoms with Crippen molar-refractivity contribution < 1.29 is 14.4 Å². The molecule has 1 aromatic rings. The summed E-state index contributed by atoms with van der Waals surface area (Å²) in [6.45, 7) is 15.0. The van der Waals surface area contributed by atoms with Gasteiger partial charge in [-0.3, -0.25) is 30.3 Å². The van der Waals surface area contributed by atoms with Crippen molar-refractivity contribution in [1.82, 2.24) is 15.0 Å². The molecule has 9 heteroatoms. The Morgan fingerprint density at radius 3 is 1.00 bits per heavy atom. The molecule has 1 rings (SSSR count). The minimum atomic E-state index is -0.518. The van der Waals surface area contributed by atoms with Gasteiger partial charge in [0.05, 0.1) is 0 Å². The summed E-state index contributed by atoms with van der Waals surface area (Å²) >= 11 is 0. The Balaban J connectivity index is 3.17. The Labute approximate surface area is 139 Å². The number of nitrogens with one attached hydrogen (secondary N) is 3. The number of amides is 3. The number of carbonyl (C=O) groups is 3. The lowest BCUT2D eigenvalue weighted by Gasteiger charge is -2.09. The highest BCUT2D eigenvalue weighted by Gasteiger charge is 2.14. The molecule has 3 N–H and O–H groups in total. The average Bonchev–Trinajstić information content (AvgIpc) is 2.46. The Kier molecular flexibility index (Phi) is 6.05. The van der Waals surface area contributed by atoms with Gasteiger partial charge in [0.2, 0.25) is 17.8 Å². The number of aromatic nitrogens is 3. The van der Waals surface area contributed by atoms with Crippen LogP contribution in [0.2, 0.25) is 0 Å². The molecule has 1 aromatic heterocycles. The van der Waals surface area contributed by atoms with Crippen molar-refractivity contribution in [3.05, 3.63) is 36.5 Å². The molecule has 0 radical (unpaired) electrons. The predicted molar refractivity (Wildman–Crippen MR) is 90.2 cm³/mol. The van der Waals surface area contributed by atoms with Crippen molar-refractivity contribution in [2.45, 2.75) is 20.8 Å². The van der Waals surface area contributed by atoms with Crippen molar-refractivity contribution >= 4 is 35.6 Å². The molecule has 126 valence electrons. The zero-order valence-electron chi connectivity index (χ0n) is 13.7. The molecular weight excluding hydrogens is 312 g/mol. The predicted octanol–water partition coefficient (Wildman–Crippen LogP) is 1.42. The van der Waals surface area contributed by atoms with Gasteiger partial charge in [-0.05, 0) is 20.8 Å². The van der Waals surface area contributed by atoms with Crippen LogP contribution in [-0.4, -0.2) is 32.7 Å². The minimum Gasteiger partial charge on any atom is -0.290 e. The molecule has 0 spiro atoms. The standard InChI is InChI=1S/C15H18N6O3/c1-7(2)10(22)16-13-19-14(17-11(23)8(3)4)21-15(20-13)18-12(24)9(5)6/h1,3,5H2,2,4,6H3,(H3,16,17,18,19,20,21,22,23,24). The van der Waals surface area contributed by atoms with Gasteiger partial charge in [0.15, 0.2) is 0 Å². The largest absolute Gasteiger partial charge is 0.290 e. The van der Waals surface area contributed by atoms with Crippen LogP contribution in [0.5, 0.6) is 0 Å². The number of anilines is 3. The summed E-state index contributed by atoms with van der Waals surface area (Å²) < 4.78 is 0. The number of hydrogen-bond acceptors (Lipinski definition) is 6. The summed E-state index contributed by atoms with van der Waals surface area (Å²) in [6, 6.07) is 0. The van der Waals surface area contributed by atoms with E-state index < -0.39 is 17.7 Å². The smallest absolute Gasteiger partial charge is 0.253 e. The number of carbonyl (C=O) groups excluding carboxylic acids is 3. The second-order valence-electron chi connectivity index (χ2n) is 5.01. The summed E-state index contributed by atoms with van der Waals surface area (Å²) in [5, 5.41) is 7.14. The maximum Gasteiger partial charge on any atom is 0.253 e. The van der Waals surface area contributed by atoms with Crippen LogP contribution < -0.4 is 16.0 Å². The molecule has 0 saturated carbocycles. The van der Waals surface area contributed by atoms with Gasteiger partial charge < -0.3 is 0 Å². The first-order chi connectivity index (χ1) is 11.1. The third-order valence-corrected chi connectivity index (χ3v) is 2.47. The quantitative estimate of drug-likeness (QED) is 0.677. The van der Waals surface area contributed by atoms with Crippen molar-refractivity contribution in [3.8, 4) is 0 Å². The molecule has 0 aliphatic carbocycles. The van der Waals surface area contributed by atoms with Gasteiger partial charge in [0.1, 0.15) is 0 Å². The minimum absolute atomic E-state index is 0.160. The Bertz CT molecular complexity index is 641. The van der Waals surface area contributed by atoms with E-state index in [2.05, 4.69) is 50.6 Å². The van der Waals surface area contributed by atoms with Crippen LogP contribution in [0, 0.1) is 0 Å². The number of rotatable bonds is 6. The summed E-state index contributed by atoms with van der Waals surface area (Å²) in [4.78, 5) is 46.7. The normalized spacial score (nSPS) is 9.62. The van der Waals surface area contributed by atoms with Gasteiger partial charge in [-0.25, -0.2) is 0 Å². The maximum atomic E-state index is 11.7. The van der Waals surface area contributed by atoms with E-state index in [1.54, 1.807) is 0 Å². The zero-order chi connectivity index (χ0) is 18.4. The lowest BCUT2D eigenvalue weighted by Crippen LogP contribution is -2.21. The first-order valence-electron chi connectivity index (χ1n) is 6.76. The molecule has 0 unspecified atom stereocenters. The molecule has 24 heavy (non-hydrogen) atoms. The highest BCUT2D eigenvalue weighted by atomic mass is 16.2. The van der Waals surface area contributed by atoms with Crippen molar-refractivity contribution in [2.75, 3.05) is 16.0 Å². The molecule has 0 bridgehead atoms. The lowest BCUT2D eigenvalue weighted by molar-refractivity contribution is -0.113. The lowest BCUT2D eigenvalue weighted by atomic mass is 10.3. The Morgan fingerprint density at radius 1 is 0.625 bits per heavy atom. The van der Waals surface area contributed by atoms with Crippen LogP contribution in [0.1, 0.15) is 20.8 Å². The molecule has 3 amide bonds. The van der Waals surface area contributed by atoms with E-state index in [0.717, 1.165) is 0 Å². The average molecular weight is 330 g/mol. The molecule has 0 aliphatic heterocycles. The highest BCUT2D eigenvalue weighted by molar-refractivity contribution is 6.04. The molecule has 0 aromatic carbocycles. The maximum absolute atomic E-state index is 11.7. The van der Waals surface area contributed by atoms with Crippen molar-refractivity contribution in [2.24, 2.45) is 0 Å². The van der Waals surface area contributed by atoms with Crippen LogP contribution >= 0.6 is 0 Å². The van der Waals surface area contributed by atoms with Gasteiger partial charge in [-0.1, -0.05) is 19.7 Å². The van der Waals surface area contributed by atoms with Crippen molar-refractivity contribution in [1.29, 1.82) is 0 Å². The second-order valence-corrected chi connectivity index (χ2v) is 5.01. The van der Waals surface area contributed by atoms with Gasteiger partial charge in [-0.2, -0.15) is 15.0 Å². The van der Waals surface area contributed by atoms with E-state index in [1.165, 1.54) is 20.8 Å². The van der Waals surface area contributed by atoms with Gasteiger partial charge in [0, 0.05) is 16.7 Å². The summed E-state index contributed by atoms with van der Waals surface area (Å²) in [6.07, 6.45) is 0. The van der Waals surface area contributed by atoms with E-state index >= 15 is 0 Å². The van der Waals surface area contributed by atoms with Crippen LogP contribution in [-0.2, 0) is 14.4 Å².